The molecule has 5 heteroatoms. The van der Waals surface area contributed by atoms with Gasteiger partial charge in [0.25, 0.3) is 0 Å². The second kappa shape index (κ2) is 7.21. The fraction of sp³-hybridized carbons (Fsp3) is 0.200. The molecule has 1 aliphatic carbocycles. The fourth-order valence-corrected chi connectivity index (χ4v) is 2.97. The standard InChI is InChI=1S/C20H20N2O3/c1-13(23)25-18-8-6-14(7-9-18)15-10-16(12-17(24)11-15)22-20-5-3-2-4-19(20)21/h2-9,12,15,22H,10-11,21H2,1H3. The number of hydrogen-bond donors (Lipinski definition) is 2. The summed E-state index contributed by atoms with van der Waals surface area (Å²) in [6.07, 6.45) is 2.82. The Labute approximate surface area is 146 Å². The minimum absolute atomic E-state index is 0.0799. The van der Waals surface area contributed by atoms with E-state index in [-0.39, 0.29) is 17.7 Å². The summed E-state index contributed by atoms with van der Waals surface area (Å²) in [7, 11) is 0. The maximum atomic E-state index is 12.1. The largest absolute Gasteiger partial charge is 0.427 e. The van der Waals surface area contributed by atoms with E-state index in [1.54, 1.807) is 18.2 Å². The predicted octanol–water partition coefficient (Wildman–Crippen LogP) is 3.64. The molecule has 2 aromatic rings. The third kappa shape index (κ3) is 4.26. The number of ketones is 1. The first-order valence-corrected chi connectivity index (χ1v) is 8.14. The van der Waals surface area contributed by atoms with Gasteiger partial charge in [-0.1, -0.05) is 24.3 Å². The Kier molecular flexibility index (Phi) is 4.84. The number of anilines is 2. The molecular weight excluding hydrogens is 316 g/mol. The number of esters is 1. The minimum atomic E-state index is -0.351. The second-order valence-electron chi connectivity index (χ2n) is 6.12. The molecule has 2 aromatic carbocycles. The number of hydrogen-bond acceptors (Lipinski definition) is 5. The summed E-state index contributed by atoms with van der Waals surface area (Å²) < 4.78 is 5.05. The van der Waals surface area contributed by atoms with Crippen LogP contribution in [0.2, 0.25) is 0 Å². The molecule has 0 aromatic heterocycles. The normalized spacial score (nSPS) is 16.9. The van der Waals surface area contributed by atoms with Crippen LogP contribution in [-0.4, -0.2) is 11.8 Å². The number of carbonyl (C=O) groups is 2. The average molecular weight is 336 g/mol. The van der Waals surface area contributed by atoms with Crippen molar-refractivity contribution in [3.63, 3.8) is 0 Å². The number of carbonyl (C=O) groups excluding carboxylic acids is 2. The molecule has 0 heterocycles. The lowest BCUT2D eigenvalue weighted by Crippen LogP contribution is -2.17. The molecule has 5 nitrogen and oxygen atoms in total. The highest BCUT2D eigenvalue weighted by Gasteiger charge is 2.22. The van der Waals surface area contributed by atoms with Gasteiger partial charge >= 0.3 is 5.97 Å². The molecule has 0 aliphatic heterocycles. The molecule has 0 radical (unpaired) electrons. The van der Waals surface area contributed by atoms with Crippen molar-refractivity contribution in [2.75, 3.05) is 11.1 Å². The number of para-hydroxylation sites is 2. The van der Waals surface area contributed by atoms with Gasteiger partial charge in [0.2, 0.25) is 0 Å². The highest BCUT2D eigenvalue weighted by Crippen LogP contribution is 2.33. The van der Waals surface area contributed by atoms with E-state index in [0.717, 1.165) is 16.9 Å². The Morgan fingerprint density at radius 2 is 1.84 bits per heavy atom. The molecule has 3 rings (SSSR count). The molecule has 0 bridgehead atoms. The van der Waals surface area contributed by atoms with Crippen LogP contribution in [0.3, 0.4) is 0 Å². The Balaban J connectivity index is 1.74. The zero-order valence-corrected chi connectivity index (χ0v) is 14.0. The van der Waals surface area contributed by atoms with Gasteiger partial charge in [0.1, 0.15) is 5.75 Å². The van der Waals surface area contributed by atoms with Gasteiger partial charge in [-0.3, -0.25) is 9.59 Å². The Morgan fingerprint density at radius 3 is 2.52 bits per heavy atom. The van der Waals surface area contributed by atoms with Gasteiger partial charge in [0.15, 0.2) is 5.78 Å². The SMILES string of the molecule is CC(=O)Oc1ccc(C2CC(=O)C=C(Nc3ccccc3N)C2)cc1. The van der Waals surface area contributed by atoms with Crippen molar-refractivity contribution in [1.82, 2.24) is 0 Å². The highest BCUT2D eigenvalue weighted by atomic mass is 16.5. The summed E-state index contributed by atoms with van der Waals surface area (Å²) in [5.41, 5.74) is 9.29. The van der Waals surface area contributed by atoms with E-state index in [9.17, 15) is 9.59 Å². The van der Waals surface area contributed by atoms with Crippen molar-refractivity contribution in [3.8, 4) is 5.75 Å². The summed E-state index contributed by atoms with van der Waals surface area (Å²) in [5, 5.41) is 3.26. The van der Waals surface area contributed by atoms with Crippen molar-refractivity contribution in [2.45, 2.75) is 25.7 Å². The molecule has 0 spiro atoms. The fourth-order valence-electron chi connectivity index (χ4n) is 2.97. The van der Waals surface area contributed by atoms with Crippen LogP contribution in [0.25, 0.3) is 0 Å². The number of nitrogens with two attached hydrogens (primary N) is 1. The number of allylic oxidation sites excluding steroid dienone is 2. The van der Waals surface area contributed by atoms with Crippen LogP contribution in [0.1, 0.15) is 31.2 Å². The first-order valence-electron chi connectivity index (χ1n) is 8.14. The Bertz CT molecular complexity index is 825. The van der Waals surface area contributed by atoms with Crippen LogP contribution in [0.15, 0.2) is 60.3 Å². The Hall–Kier alpha value is -3.08. The smallest absolute Gasteiger partial charge is 0.308 e. The summed E-state index contributed by atoms with van der Waals surface area (Å²) >= 11 is 0. The predicted molar refractivity (Wildman–Crippen MR) is 97.3 cm³/mol. The van der Waals surface area contributed by atoms with E-state index in [1.807, 2.05) is 36.4 Å². The van der Waals surface area contributed by atoms with Crippen LogP contribution in [0, 0.1) is 0 Å². The molecule has 1 aliphatic rings. The minimum Gasteiger partial charge on any atom is -0.427 e. The van der Waals surface area contributed by atoms with Crippen molar-refractivity contribution in [2.24, 2.45) is 0 Å². The molecule has 128 valence electrons. The lowest BCUT2D eigenvalue weighted by Gasteiger charge is -2.24. The van der Waals surface area contributed by atoms with Crippen LogP contribution in [0.5, 0.6) is 5.75 Å². The zero-order valence-electron chi connectivity index (χ0n) is 14.0. The van der Waals surface area contributed by atoms with Crippen LogP contribution in [0.4, 0.5) is 11.4 Å². The van der Waals surface area contributed by atoms with E-state index in [0.29, 0.717) is 24.3 Å². The van der Waals surface area contributed by atoms with Gasteiger partial charge in [-0.05, 0) is 42.2 Å². The van der Waals surface area contributed by atoms with Crippen molar-refractivity contribution in [3.05, 3.63) is 65.9 Å². The molecule has 25 heavy (non-hydrogen) atoms. The van der Waals surface area contributed by atoms with Gasteiger partial charge < -0.3 is 15.8 Å². The summed E-state index contributed by atoms with van der Waals surface area (Å²) in [4.78, 5) is 23.1. The van der Waals surface area contributed by atoms with Crippen molar-refractivity contribution < 1.29 is 14.3 Å². The quantitative estimate of drug-likeness (QED) is 0.506. The zero-order chi connectivity index (χ0) is 17.8. The summed E-state index contributed by atoms with van der Waals surface area (Å²) in [6, 6.07) is 14.8. The van der Waals surface area contributed by atoms with Crippen LogP contribution >= 0.6 is 0 Å². The van der Waals surface area contributed by atoms with Crippen molar-refractivity contribution in [1.29, 1.82) is 0 Å². The molecular formula is C20H20N2O3. The number of ether oxygens (including phenoxy) is 1. The average Bonchev–Trinajstić information content (AvgIpc) is 2.57. The molecule has 0 fully saturated rings. The number of rotatable bonds is 4. The number of nitrogen functional groups attached to an aromatic ring is 1. The van der Waals surface area contributed by atoms with E-state index in [1.165, 1.54) is 6.92 Å². The van der Waals surface area contributed by atoms with Gasteiger partial charge in [0.05, 0.1) is 11.4 Å². The molecule has 1 unspecified atom stereocenters. The third-order valence-corrected chi connectivity index (χ3v) is 4.12. The van der Waals surface area contributed by atoms with E-state index < -0.39 is 0 Å². The van der Waals surface area contributed by atoms with E-state index in [4.69, 9.17) is 10.5 Å². The molecule has 0 saturated heterocycles. The Morgan fingerprint density at radius 1 is 1.12 bits per heavy atom. The lowest BCUT2D eigenvalue weighted by molar-refractivity contribution is -0.131. The molecule has 3 N–H and O–H groups in total. The van der Waals surface area contributed by atoms with Gasteiger partial charge in [-0.15, -0.1) is 0 Å². The first-order chi connectivity index (χ1) is 12.0. The first kappa shape index (κ1) is 16.8. The molecule has 0 amide bonds. The second-order valence-corrected chi connectivity index (χ2v) is 6.12. The number of benzene rings is 2. The maximum absolute atomic E-state index is 12.1. The summed E-state index contributed by atoms with van der Waals surface area (Å²) in [5.74, 6) is 0.313. The lowest BCUT2D eigenvalue weighted by atomic mass is 9.85. The summed E-state index contributed by atoms with van der Waals surface area (Å²) in [6.45, 7) is 1.37. The third-order valence-electron chi connectivity index (χ3n) is 4.12. The van der Waals surface area contributed by atoms with Gasteiger partial charge in [-0.2, -0.15) is 0 Å². The molecule has 0 saturated carbocycles. The van der Waals surface area contributed by atoms with Crippen molar-refractivity contribution >= 4 is 23.1 Å². The highest BCUT2D eigenvalue weighted by molar-refractivity contribution is 5.92. The van der Waals surface area contributed by atoms with E-state index in [2.05, 4.69) is 5.32 Å². The maximum Gasteiger partial charge on any atom is 0.308 e. The molecule has 1 atom stereocenters. The van der Waals surface area contributed by atoms with E-state index >= 15 is 0 Å². The number of nitrogens with one attached hydrogen (secondary N) is 1. The topological polar surface area (TPSA) is 81.4 Å². The van der Waals surface area contributed by atoms with Gasteiger partial charge in [-0.25, -0.2) is 0 Å². The van der Waals surface area contributed by atoms with Gasteiger partial charge in [0, 0.05) is 25.1 Å². The van der Waals surface area contributed by atoms with Crippen LogP contribution in [-0.2, 0) is 9.59 Å². The monoisotopic (exact) mass is 336 g/mol. The van der Waals surface area contributed by atoms with Crippen LogP contribution < -0.4 is 15.8 Å².